The van der Waals surface area contributed by atoms with Crippen molar-refractivity contribution in [2.75, 3.05) is 12.4 Å². The summed E-state index contributed by atoms with van der Waals surface area (Å²) in [4.78, 5) is 10.7. The first-order chi connectivity index (χ1) is 10.3. The fourth-order valence-electron chi connectivity index (χ4n) is 2.60. The number of rotatable bonds is 4. The number of benzene rings is 1. The van der Waals surface area contributed by atoms with Gasteiger partial charge >= 0.3 is 0 Å². The van der Waals surface area contributed by atoms with Gasteiger partial charge in [0, 0.05) is 27.7 Å². The highest BCUT2D eigenvalue weighted by molar-refractivity contribution is 9.10. The molecule has 3 rings (SSSR count). The quantitative estimate of drug-likeness (QED) is 0.814. The van der Waals surface area contributed by atoms with Gasteiger partial charge in [-0.25, -0.2) is 9.97 Å². The average molecular weight is 364 g/mol. The van der Waals surface area contributed by atoms with Crippen LogP contribution in [0, 0.1) is 0 Å². The largest absolute Gasteiger partial charge is 0.373 e. The van der Waals surface area contributed by atoms with E-state index in [0.717, 1.165) is 34.7 Å². The zero-order valence-corrected chi connectivity index (χ0v) is 14.4. The maximum atomic E-state index is 4.77. The average Bonchev–Trinajstić information content (AvgIpc) is 2.53. The van der Waals surface area contributed by atoms with Gasteiger partial charge in [0.1, 0.15) is 11.6 Å². The van der Waals surface area contributed by atoms with E-state index in [4.69, 9.17) is 4.98 Å². The Balaban J connectivity index is 1.77. The van der Waals surface area contributed by atoms with Crippen LogP contribution < -0.4 is 5.32 Å². The Bertz CT molecular complexity index is 611. The molecule has 0 fully saturated rings. The predicted octanol–water partition coefficient (Wildman–Crippen LogP) is 4.45. The Morgan fingerprint density at radius 3 is 2.67 bits per heavy atom. The molecule has 0 unspecified atom stereocenters. The molecule has 3 nitrogen and oxygen atoms in total. The molecule has 0 spiro atoms. The molecule has 1 aromatic heterocycles. The molecule has 0 saturated carbocycles. The molecule has 1 aromatic carbocycles. The molecule has 0 bridgehead atoms. The minimum absolute atomic E-state index is 0.809. The van der Waals surface area contributed by atoms with Crippen molar-refractivity contribution in [2.24, 2.45) is 0 Å². The molecule has 1 heterocycles. The standard InChI is InChI=1S/C16H18BrN3S/c1-18-16-13-4-2-3-5-14(13)19-15(20-16)10-21-12-8-6-11(17)7-9-12/h6-9H,2-5,10H2,1H3,(H,18,19,20). The van der Waals surface area contributed by atoms with Crippen molar-refractivity contribution in [1.29, 1.82) is 0 Å². The molecule has 1 aliphatic carbocycles. The van der Waals surface area contributed by atoms with Crippen LogP contribution in [0.2, 0.25) is 0 Å². The highest BCUT2D eigenvalue weighted by Gasteiger charge is 2.17. The number of thioether (sulfide) groups is 1. The third-order valence-corrected chi connectivity index (χ3v) is 5.18. The van der Waals surface area contributed by atoms with Crippen LogP contribution in [0.1, 0.15) is 29.9 Å². The topological polar surface area (TPSA) is 37.8 Å². The number of aryl methyl sites for hydroxylation is 1. The molecule has 21 heavy (non-hydrogen) atoms. The molecule has 1 aliphatic rings. The van der Waals surface area contributed by atoms with Crippen LogP contribution in [0.15, 0.2) is 33.6 Å². The molecule has 2 aromatic rings. The number of fused-ring (bicyclic) bond motifs is 1. The van der Waals surface area contributed by atoms with Crippen LogP contribution in [0.4, 0.5) is 5.82 Å². The SMILES string of the molecule is CNc1nc(CSc2ccc(Br)cc2)nc2c1CCCC2. The number of halogens is 1. The number of nitrogens with one attached hydrogen (secondary N) is 1. The van der Waals surface area contributed by atoms with Gasteiger partial charge in [-0.2, -0.15) is 0 Å². The maximum absolute atomic E-state index is 4.77. The van der Waals surface area contributed by atoms with E-state index in [1.165, 1.54) is 29.0 Å². The predicted molar refractivity (Wildman–Crippen MR) is 91.9 cm³/mol. The Morgan fingerprint density at radius 2 is 1.90 bits per heavy atom. The molecule has 0 aliphatic heterocycles. The van der Waals surface area contributed by atoms with Gasteiger partial charge in [0.25, 0.3) is 0 Å². The number of nitrogens with zero attached hydrogens (tertiary/aromatic N) is 2. The minimum Gasteiger partial charge on any atom is -0.373 e. The van der Waals surface area contributed by atoms with Gasteiger partial charge in [-0.15, -0.1) is 11.8 Å². The van der Waals surface area contributed by atoms with Crippen molar-refractivity contribution >= 4 is 33.5 Å². The molecule has 5 heteroatoms. The van der Waals surface area contributed by atoms with Crippen molar-refractivity contribution in [2.45, 2.75) is 36.3 Å². The molecular weight excluding hydrogens is 346 g/mol. The fraction of sp³-hybridized carbons (Fsp3) is 0.375. The Kier molecular flexibility index (Phi) is 4.80. The van der Waals surface area contributed by atoms with E-state index in [1.54, 1.807) is 11.8 Å². The monoisotopic (exact) mass is 363 g/mol. The van der Waals surface area contributed by atoms with E-state index < -0.39 is 0 Å². The minimum atomic E-state index is 0.809. The first kappa shape index (κ1) is 14.9. The van der Waals surface area contributed by atoms with Crippen LogP contribution in [-0.4, -0.2) is 17.0 Å². The molecule has 1 N–H and O–H groups in total. The second-order valence-electron chi connectivity index (χ2n) is 5.11. The van der Waals surface area contributed by atoms with Crippen molar-refractivity contribution in [3.63, 3.8) is 0 Å². The summed E-state index contributed by atoms with van der Waals surface area (Å²) in [5.74, 6) is 2.75. The van der Waals surface area contributed by atoms with Gasteiger partial charge in [-0.3, -0.25) is 0 Å². The van der Waals surface area contributed by atoms with E-state index >= 15 is 0 Å². The fourth-order valence-corrected chi connectivity index (χ4v) is 3.61. The molecule has 0 radical (unpaired) electrons. The van der Waals surface area contributed by atoms with E-state index in [2.05, 4.69) is 50.5 Å². The van der Waals surface area contributed by atoms with E-state index in [9.17, 15) is 0 Å². The Hall–Kier alpha value is -1.07. The van der Waals surface area contributed by atoms with Gasteiger partial charge in [0.05, 0.1) is 5.75 Å². The lowest BCUT2D eigenvalue weighted by Gasteiger charge is -2.18. The maximum Gasteiger partial charge on any atom is 0.141 e. The number of anilines is 1. The molecule has 0 amide bonds. The van der Waals surface area contributed by atoms with Crippen molar-refractivity contribution in [3.05, 3.63) is 45.8 Å². The van der Waals surface area contributed by atoms with Crippen LogP contribution in [0.3, 0.4) is 0 Å². The molecule has 0 atom stereocenters. The first-order valence-corrected chi connectivity index (χ1v) is 8.99. The van der Waals surface area contributed by atoms with Crippen molar-refractivity contribution in [1.82, 2.24) is 9.97 Å². The van der Waals surface area contributed by atoms with Crippen molar-refractivity contribution < 1.29 is 0 Å². The van der Waals surface area contributed by atoms with E-state index in [0.29, 0.717) is 0 Å². The molecule has 0 saturated heterocycles. The number of aromatic nitrogens is 2. The van der Waals surface area contributed by atoms with E-state index in [1.807, 2.05) is 7.05 Å². The normalized spacial score (nSPS) is 13.8. The lowest BCUT2D eigenvalue weighted by molar-refractivity contribution is 0.659. The number of hydrogen-bond acceptors (Lipinski definition) is 4. The van der Waals surface area contributed by atoms with E-state index in [-0.39, 0.29) is 0 Å². The second kappa shape index (κ2) is 6.79. The lowest BCUT2D eigenvalue weighted by atomic mass is 9.96. The summed E-state index contributed by atoms with van der Waals surface area (Å²) in [6.07, 6.45) is 4.68. The molecular formula is C16H18BrN3S. The third kappa shape index (κ3) is 3.58. The second-order valence-corrected chi connectivity index (χ2v) is 7.08. The van der Waals surface area contributed by atoms with Crippen LogP contribution >= 0.6 is 27.7 Å². The molecule has 110 valence electrons. The summed E-state index contributed by atoms with van der Waals surface area (Å²) >= 11 is 5.24. The van der Waals surface area contributed by atoms with Crippen LogP contribution in [0.25, 0.3) is 0 Å². The smallest absolute Gasteiger partial charge is 0.141 e. The summed E-state index contributed by atoms with van der Waals surface area (Å²) in [6.45, 7) is 0. The summed E-state index contributed by atoms with van der Waals surface area (Å²) in [7, 11) is 1.95. The van der Waals surface area contributed by atoms with Gasteiger partial charge < -0.3 is 5.32 Å². The zero-order valence-electron chi connectivity index (χ0n) is 12.0. The number of hydrogen-bond donors (Lipinski definition) is 1. The van der Waals surface area contributed by atoms with Gasteiger partial charge in [0.15, 0.2) is 0 Å². The van der Waals surface area contributed by atoms with Gasteiger partial charge in [0.2, 0.25) is 0 Å². The van der Waals surface area contributed by atoms with Crippen LogP contribution in [-0.2, 0) is 18.6 Å². The highest BCUT2D eigenvalue weighted by Crippen LogP contribution is 2.28. The first-order valence-electron chi connectivity index (χ1n) is 7.21. The van der Waals surface area contributed by atoms with Gasteiger partial charge in [-0.1, -0.05) is 15.9 Å². The highest BCUT2D eigenvalue weighted by atomic mass is 79.9. The van der Waals surface area contributed by atoms with Crippen molar-refractivity contribution in [3.8, 4) is 0 Å². The Labute approximate surface area is 138 Å². The zero-order chi connectivity index (χ0) is 14.7. The lowest BCUT2D eigenvalue weighted by Crippen LogP contribution is -2.13. The summed E-state index contributed by atoms with van der Waals surface area (Å²) in [5.41, 5.74) is 2.56. The summed E-state index contributed by atoms with van der Waals surface area (Å²) < 4.78 is 1.11. The Morgan fingerprint density at radius 1 is 1.14 bits per heavy atom. The third-order valence-electron chi connectivity index (χ3n) is 3.65. The summed E-state index contributed by atoms with van der Waals surface area (Å²) in [6, 6.07) is 8.36. The van der Waals surface area contributed by atoms with Crippen LogP contribution in [0.5, 0.6) is 0 Å². The summed E-state index contributed by atoms with van der Waals surface area (Å²) in [5, 5.41) is 3.23. The van der Waals surface area contributed by atoms with Gasteiger partial charge in [-0.05, 0) is 49.9 Å².